The maximum absolute atomic E-state index is 2.36. The van der Waals surface area contributed by atoms with Crippen LogP contribution in [0.5, 0.6) is 0 Å². The fourth-order valence-electron chi connectivity index (χ4n) is 4.10. The van der Waals surface area contributed by atoms with E-state index in [0.29, 0.717) is 0 Å². The zero-order chi connectivity index (χ0) is 19.0. The molecule has 2 heterocycles. The van der Waals surface area contributed by atoms with E-state index in [1.54, 1.807) is 0 Å². The number of imidazole rings is 1. The van der Waals surface area contributed by atoms with Gasteiger partial charge >= 0.3 is 0 Å². The zero-order valence-electron chi connectivity index (χ0n) is 16.6. The molecule has 4 heteroatoms. The van der Waals surface area contributed by atoms with Crippen LogP contribution in [-0.2, 0) is 13.6 Å². The lowest BCUT2D eigenvalue weighted by Crippen LogP contribution is -2.31. The van der Waals surface area contributed by atoms with Crippen LogP contribution < -0.4 is 14.4 Å². The predicted molar refractivity (Wildman–Crippen MR) is 114 cm³/mol. The van der Waals surface area contributed by atoms with Crippen LogP contribution >= 0.6 is 0 Å². The summed E-state index contributed by atoms with van der Waals surface area (Å²) in [4.78, 5) is 4.62. The third kappa shape index (κ3) is 2.72. The van der Waals surface area contributed by atoms with E-state index in [-0.39, 0.29) is 0 Å². The Labute approximate surface area is 161 Å². The van der Waals surface area contributed by atoms with Crippen molar-refractivity contribution in [2.45, 2.75) is 20.4 Å². The molecule has 3 aromatic rings. The second-order valence-electron chi connectivity index (χ2n) is 6.83. The molecular weight excluding hydrogens is 332 g/mol. The van der Waals surface area contributed by atoms with Crippen LogP contribution in [0.2, 0.25) is 0 Å². The molecule has 1 aromatic heterocycles. The van der Waals surface area contributed by atoms with Crippen LogP contribution in [0.3, 0.4) is 0 Å². The molecule has 4 rings (SSSR count). The molecule has 0 aliphatic carbocycles. The molecule has 0 atom stereocenters. The maximum atomic E-state index is 2.36. The highest BCUT2D eigenvalue weighted by molar-refractivity contribution is 5.82. The Balaban J connectivity index is 1.72. The molecule has 0 saturated heterocycles. The van der Waals surface area contributed by atoms with E-state index >= 15 is 0 Å². The number of allylic oxidation sites excluding steroid dienone is 2. The Bertz CT molecular complexity index is 1040. The monoisotopic (exact) mass is 359 g/mol. The number of fused-ring (bicyclic) bond motifs is 2. The summed E-state index contributed by atoms with van der Waals surface area (Å²) in [5.41, 5.74) is 5.06. The summed E-state index contributed by atoms with van der Waals surface area (Å²) in [5, 5.41) is 0. The Morgan fingerprint density at radius 1 is 0.926 bits per heavy atom. The first-order valence-corrected chi connectivity index (χ1v) is 9.63. The van der Waals surface area contributed by atoms with Gasteiger partial charge in [0.05, 0.1) is 25.0 Å². The molecule has 27 heavy (non-hydrogen) atoms. The van der Waals surface area contributed by atoms with Crippen molar-refractivity contribution in [2.75, 3.05) is 23.4 Å². The van der Waals surface area contributed by atoms with Gasteiger partial charge in [-0.3, -0.25) is 0 Å². The van der Waals surface area contributed by atoms with E-state index in [4.69, 9.17) is 0 Å². The van der Waals surface area contributed by atoms with Gasteiger partial charge in [-0.15, -0.1) is 0 Å². The number of aryl methyl sites for hydroxylation is 2. The number of rotatable bonds is 4. The van der Waals surface area contributed by atoms with Crippen LogP contribution in [0.15, 0.2) is 66.5 Å². The molecule has 0 bridgehead atoms. The number of aromatic nitrogens is 2. The first-order chi connectivity index (χ1) is 13.2. The summed E-state index contributed by atoms with van der Waals surface area (Å²) in [7, 11) is 4.27. The second-order valence-corrected chi connectivity index (χ2v) is 6.83. The lowest BCUT2D eigenvalue weighted by Gasteiger charge is -2.20. The summed E-state index contributed by atoms with van der Waals surface area (Å²) < 4.78 is 4.62. The molecule has 0 unspecified atom stereocenters. The topological polar surface area (TPSA) is 15.3 Å². The van der Waals surface area contributed by atoms with Crippen molar-refractivity contribution in [1.29, 1.82) is 0 Å². The van der Waals surface area contributed by atoms with Gasteiger partial charge in [-0.1, -0.05) is 30.3 Å². The number of nitrogens with zero attached hydrogens (tertiary/aromatic N) is 4. The van der Waals surface area contributed by atoms with Crippen LogP contribution in [0.4, 0.5) is 11.4 Å². The number of hydrogen-bond acceptors (Lipinski definition) is 2. The van der Waals surface area contributed by atoms with Crippen molar-refractivity contribution in [3.05, 3.63) is 72.3 Å². The van der Waals surface area contributed by atoms with Gasteiger partial charge in [0.1, 0.15) is 5.82 Å². The quantitative estimate of drug-likeness (QED) is 0.645. The molecule has 138 valence electrons. The standard InChI is InChI=1S/C23H27N4/c1-5-26-20-14-9-7-12-18(20)24(3)22(26)16-11-17-23-25(4)19-13-8-10-15-21(19)27(23)6-2/h7-17H,5-6H2,1-4H3/q+1. The van der Waals surface area contributed by atoms with E-state index in [0.717, 1.165) is 13.1 Å². The zero-order valence-corrected chi connectivity index (χ0v) is 16.6. The third-order valence-electron chi connectivity index (χ3n) is 5.43. The molecule has 1 aliphatic rings. The van der Waals surface area contributed by atoms with Crippen molar-refractivity contribution >= 4 is 28.5 Å². The predicted octanol–water partition coefficient (Wildman–Crippen LogP) is 4.32. The first kappa shape index (κ1) is 17.4. The molecule has 0 saturated carbocycles. The van der Waals surface area contributed by atoms with Gasteiger partial charge in [0.15, 0.2) is 11.0 Å². The van der Waals surface area contributed by atoms with Gasteiger partial charge in [0, 0.05) is 19.7 Å². The molecule has 0 N–H and O–H groups in total. The summed E-state index contributed by atoms with van der Waals surface area (Å²) in [5.74, 6) is 2.41. The Morgan fingerprint density at radius 2 is 1.63 bits per heavy atom. The van der Waals surface area contributed by atoms with Gasteiger partial charge in [-0.2, -0.15) is 0 Å². The minimum Gasteiger partial charge on any atom is -0.329 e. The van der Waals surface area contributed by atoms with E-state index in [1.807, 2.05) is 0 Å². The SMILES string of the molecule is CCN1C(=CC=Cc2n(CC)c3ccccc3[n+]2C)N(C)c2ccccc21. The Hall–Kier alpha value is -3.01. The average molecular weight is 359 g/mol. The highest BCUT2D eigenvalue weighted by Crippen LogP contribution is 2.39. The molecule has 4 nitrogen and oxygen atoms in total. The fourth-order valence-corrected chi connectivity index (χ4v) is 4.10. The summed E-state index contributed by atoms with van der Waals surface area (Å²) in [6.45, 7) is 6.29. The van der Waals surface area contributed by atoms with Crippen LogP contribution in [0.25, 0.3) is 17.1 Å². The van der Waals surface area contributed by atoms with Crippen molar-refractivity contribution in [1.82, 2.24) is 4.57 Å². The molecule has 1 aliphatic heterocycles. The highest BCUT2D eigenvalue weighted by Gasteiger charge is 2.26. The van der Waals surface area contributed by atoms with E-state index in [2.05, 4.69) is 114 Å². The van der Waals surface area contributed by atoms with Crippen LogP contribution in [0, 0.1) is 0 Å². The van der Waals surface area contributed by atoms with E-state index < -0.39 is 0 Å². The third-order valence-corrected chi connectivity index (χ3v) is 5.43. The maximum Gasteiger partial charge on any atom is 0.282 e. The van der Waals surface area contributed by atoms with Gasteiger partial charge in [-0.05, 0) is 44.2 Å². The van der Waals surface area contributed by atoms with Crippen molar-refractivity contribution in [3.63, 3.8) is 0 Å². The summed E-state index contributed by atoms with van der Waals surface area (Å²) in [6.07, 6.45) is 6.59. The van der Waals surface area contributed by atoms with Gasteiger partial charge in [0.25, 0.3) is 5.82 Å². The number of hydrogen-bond donors (Lipinski definition) is 0. The molecule has 2 aromatic carbocycles. The average Bonchev–Trinajstić information content (AvgIpc) is 3.14. The smallest absolute Gasteiger partial charge is 0.282 e. The van der Waals surface area contributed by atoms with Gasteiger partial charge in [0.2, 0.25) is 0 Å². The molecule has 0 amide bonds. The van der Waals surface area contributed by atoms with E-state index in [9.17, 15) is 0 Å². The highest BCUT2D eigenvalue weighted by atomic mass is 15.4. The molecule has 0 radical (unpaired) electrons. The van der Waals surface area contributed by atoms with Gasteiger partial charge < -0.3 is 9.80 Å². The lowest BCUT2D eigenvalue weighted by atomic mass is 10.2. The van der Waals surface area contributed by atoms with Crippen molar-refractivity contribution in [2.24, 2.45) is 7.05 Å². The molecular formula is C23H27N4+. The normalized spacial score (nSPS) is 15.5. The molecule has 0 spiro atoms. The van der Waals surface area contributed by atoms with E-state index in [1.165, 1.54) is 34.1 Å². The summed E-state index contributed by atoms with van der Waals surface area (Å²) >= 11 is 0. The number of para-hydroxylation sites is 4. The Morgan fingerprint density at radius 3 is 2.37 bits per heavy atom. The minimum atomic E-state index is 0.948. The largest absolute Gasteiger partial charge is 0.329 e. The summed E-state index contributed by atoms with van der Waals surface area (Å²) in [6, 6.07) is 17.1. The fraction of sp³-hybridized carbons (Fsp3) is 0.261. The lowest BCUT2D eigenvalue weighted by molar-refractivity contribution is -0.647. The number of anilines is 2. The van der Waals surface area contributed by atoms with Crippen LogP contribution in [0.1, 0.15) is 19.7 Å². The van der Waals surface area contributed by atoms with Gasteiger partial charge in [-0.25, -0.2) is 9.13 Å². The number of benzene rings is 2. The first-order valence-electron chi connectivity index (χ1n) is 9.63. The van der Waals surface area contributed by atoms with Crippen LogP contribution in [-0.4, -0.2) is 18.2 Å². The minimum absolute atomic E-state index is 0.948. The van der Waals surface area contributed by atoms with Crippen molar-refractivity contribution < 1.29 is 4.57 Å². The second kappa shape index (κ2) is 6.95. The van der Waals surface area contributed by atoms with Crippen molar-refractivity contribution in [3.8, 4) is 0 Å². The molecule has 0 fully saturated rings. The Kier molecular flexibility index (Phi) is 4.48.